The van der Waals surface area contributed by atoms with Crippen LogP contribution in [0.3, 0.4) is 0 Å². The van der Waals surface area contributed by atoms with Gasteiger partial charge in [0.25, 0.3) is 0 Å². The SMILES string of the molecule is CC(N)C(CO)N1CCOCC1(C)C. The summed E-state index contributed by atoms with van der Waals surface area (Å²) in [7, 11) is 0. The quantitative estimate of drug-likeness (QED) is 0.666. The van der Waals surface area contributed by atoms with Gasteiger partial charge in [-0.1, -0.05) is 0 Å². The van der Waals surface area contributed by atoms with Crippen LogP contribution in [-0.2, 0) is 4.74 Å². The molecule has 0 aromatic rings. The van der Waals surface area contributed by atoms with E-state index >= 15 is 0 Å². The lowest BCUT2D eigenvalue weighted by molar-refractivity contribution is -0.0844. The molecule has 4 heteroatoms. The third-order valence-electron chi connectivity index (χ3n) is 2.90. The van der Waals surface area contributed by atoms with Crippen LogP contribution in [-0.4, -0.2) is 54.0 Å². The molecule has 4 nitrogen and oxygen atoms in total. The van der Waals surface area contributed by atoms with E-state index in [1.54, 1.807) is 0 Å². The van der Waals surface area contributed by atoms with Crippen molar-refractivity contribution in [1.82, 2.24) is 4.90 Å². The normalized spacial score (nSPS) is 27.2. The zero-order valence-electron chi connectivity index (χ0n) is 9.36. The Hall–Kier alpha value is -0.160. The molecule has 1 rings (SSSR count). The monoisotopic (exact) mass is 202 g/mol. The first-order chi connectivity index (χ1) is 6.49. The second-order valence-corrected chi connectivity index (χ2v) is 4.67. The molecule has 2 unspecified atom stereocenters. The first-order valence-electron chi connectivity index (χ1n) is 5.20. The van der Waals surface area contributed by atoms with Crippen molar-refractivity contribution in [2.45, 2.75) is 38.4 Å². The summed E-state index contributed by atoms with van der Waals surface area (Å²) < 4.78 is 5.43. The van der Waals surface area contributed by atoms with Gasteiger partial charge in [0.1, 0.15) is 0 Å². The smallest absolute Gasteiger partial charge is 0.0645 e. The molecule has 0 aliphatic carbocycles. The van der Waals surface area contributed by atoms with Crippen LogP contribution in [0.15, 0.2) is 0 Å². The topological polar surface area (TPSA) is 58.7 Å². The second-order valence-electron chi connectivity index (χ2n) is 4.67. The van der Waals surface area contributed by atoms with E-state index in [4.69, 9.17) is 10.5 Å². The van der Waals surface area contributed by atoms with Crippen molar-refractivity contribution >= 4 is 0 Å². The van der Waals surface area contributed by atoms with E-state index in [2.05, 4.69) is 18.7 Å². The van der Waals surface area contributed by atoms with Crippen LogP contribution in [0.5, 0.6) is 0 Å². The van der Waals surface area contributed by atoms with Gasteiger partial charge in [0.2, 0.25) is 0 Å². The Labute approximate surface area is 86.0 Å². The molecule has 3 N–H and O–H groups in total. The Morgan fingerprint density at radius 1 is 1.57 bits per heavy atom. The van der Waals surface area contributed by atoms with Crippen molar-refractivity contribution in [2.75, 3.05) is 26.4 Å². The number of aliphatic hydroxyl groups excluding tert-OH is 1. The number of ether oxygens (including phenoxy) is 1. The summed E-state index contributed by atoms with van der Waals surface area (Å²) in [6.45, 7) is 8.57. The highest BCUT2D eigenvalue weighted by atomic mass is 16.5. The first-order valence-corrected chi connectivity index (χ1v) is 5.20. The molecule has 0 bridgehead atoms. The van der Waals surface area contributed by atoms with Crippen LogP contribution in [0.1, 0.15) is 20.8 Å². The molecule has 14 heavy (non-hydrogen) atoms. The van der Waals surface area contributed by atoms with E-state index in [1.165, 1.54) is 0 Å². The molecular weight excluding hydrogens is 180 g/mol. The average Bonchev–Trinajstić information content (AvgIpc) is 2.08. The molecule has 1 fully saturated rings. The van der Waals surface area contributed by atoms with E-state index in [-0.39, 0.29) is 24.2 Å². The van der Waals surface area contributed by atoms with Crippen LogP contribution >= 0.6 is 0 Å². The molecule has 0 aromatic heterocycles. The summed E-state index contributed by atoms with van der Waals surface area (Å²) in [4.78, 5) is 2.25. The third kappa shape index (κ3) is 2.45. The highest BCUT2D eigenvalue weighted by Crippen LogP contribution is 2.22. The van der Waals surface area contributed by atoms with Crippen LogP contribution in [0, 0.1) is 0 Å². The lowest BCUT2D eigenvalue weighted by Gasteiger charge is -2.47. The van der Waals surface area contributed by atoms with E-state index in [9.17, 15) is 5.11 Å². The summed E-state index contributed by atoms with van der Waals surface area (Å²) in [5.74, 6) is 0. The maximum Gasteiger partial charge on any atom is 0.0645 e. The fraction of sp³-hybridized carbons (Fsp3) is 1.00. The van der Waals surface area contributed by atoms with Crippen LogP contribution in [0.25, 0.3) is 0 Å². The van der Waals surface area contributed by atoms with Crippen molar-refractivity contribution in [1.29, 1.82) is 0 Å². The van der Waals surface area contributed by atoms with Gasteiger partial charge in [-0.25, -0.2) is 0 Å². The van der Waals surface area contributed by atoms with E-state index in [0.717, 1.165) is 13.2 Å². The van der Waals surface area contributed by atoms with Gasteiger partial charge in [0.15, 0.2) is 0 Å². The fourth-order valence-electron chi connectivity index (χ4n) is 2.03. The Kier molecular flexibility index (Phi) is 3.89. The largest absolute Gasteiger partial charge is 0.395 e. The molecule has 1 heterocycles. The third-order valence-corrected chi connectivity index (χ3v) is 2.90. The molecule has 1 aliphatic heterocycles. The summed E-state index contributed by atoms with van der Waals surface area (Å²) in [5, 5.41) is 9.32. The summed E-state index contributed by atoms with van der Waals surface area (Å²) in [6.07, 6.45) is 0. The van der Waals surface area contributed by atoms with Crippen LogP contribution in [0.4, 0.5) is 0 Å². The molecule has 0 radical (unpaired) electrons. The number of rotatable bonds is 3. The van der Waals surface area contributed by atoms with E-state index in [1.807, 2.05) is 6.92 Å². The molecule has 1 saturated heterocycles. The van der Waals surface area contributed by atoms with Gasteiger partial charge >= 0.3 is 0 Å². The van der Waals surface area contributed by atoms with E-state index < -0.39 is 0 Å². The fourth-order valence-corrected chi connectivity index (χ4v) is 2.03. The molecule has 0 spiro atoms. The van der Waals surface area contributed by atoms with Crippen molar-refractivity contribution in [3.63, 3.8) is 0 Å². The standard InChI is InChI=1S/C10H22N2O2/c1-8(11)9(6-13)12-4-5-14-7-10(12,2)3/h8-9,13H,4-7,11H2,1-3H3. The summed E-state index contributed by atoms with van der Waals surface area (Å²) >= 11 is 0. The highest BCUT2D eigenvalue weighted by molar-refractivity contribution is 4.91. The van der Waals surface area contributed by atoms with Gasteiger partial charge in [0.05, 0.1) is 19.8 Å². The first kappa shape index (κ1) is 11.9. The number of nitrogens with zero attached hydrogens (tertiary/aromatic N) is 1. The Bertz CT molecular complexity index is 183. The predicted molar refractivity (Wildman–Crippen MR) is 56.1 cm³/mol. The van der Waals surface area contributed by atoms with Crippen molar-refractivity contribution in [2.24, 2.45) is 5.73 Å². The maximum atomic E-state index is 9.32. The lowest BCUT2D eigenvalue weighted by atomic mass is 9.97. The minimum absolute atomic E-state index is 0.0163. The second kappa shape index (κ2) is 4.57. The lowest BCUT2D eigenvalue weighted by Crippen LogP contribution is -2.62. The summed E-state index contributed by atoms with van der Waals surface area (Å²) in [6, 6.07) is 0.0197. The minimum atomic E-state index is -0.0285. The van der Waals surface area contributed by atoms with Crippen molar-refractivity contribution in [3.8, 4) is 0 Å². The van der Waals surface area contributed by atoms with E-state index in [0.29, 0.717) is 6.61 Å². The van der Waals surface area contributed by atoms with Gasteiger partial charge < -0.3 is 15.6 Å². The molecule has 0 amide bonds. The molecule has 1 aliphatic rings. The van der Waals surface area contributed by atoms with Gasteiger partial charge in [0, 0.05) is 24.2 Å². The van der Waals surface area contributed by atoms with Gasteiger partial charge in [-0.3, -0.25) is 4.90 Å². The zero-order valence-corrected chi connectivity index (χ0v) is 9.36. The number of aliphatic hydroxyl groups is 1. The Balaban J connectivity index is 2.71. The average molecular weight is 202 g/mol. The number of nitrogens with two attached hydrogens (primary N) is 1. The Morgan fingerprint density at radius 3 is 2.64 bits per heavy atom. The van der Waals surface area contributed by atoms with Gasteiger partial charge in [-0.15, -0.1) is 0 Å². The van der Waals surface area contributed by atoms with Crippen LogP contribution < -0.4 is 5.73 Å². The summed E-state index contributed by atoms with van der Waals surface area (Å²) in [5.41, 5.74) is 5.83. The molecular formula is C10H22N2O2. The molecule has 84 valence electrons. The highest BCUT2D eigenvalue weighted by Gasteiger charge is 2.36. The maximum absolute atomic E-state index is 9.32. The van der Waals surface area contributed by atoms with Crippen molar-refractivity contribution < 1.29 is 9.84 Å². The minimum Gasteiger partial charge on any atom is -0.395 e. The predicted octanol–water partition coefficient (Wildman–Crippen LogP) is -0.195. The number of hydrogen-bond donors (Lipinski definition) is 2. The van der Waals surface area contributed by atoms with Gasteiger partial charge in [-0.05, 0) is 20.8 Å². The molecule has 0 saturated carbocycles. The van der Waals surface area contributed by atoms with Gasteiger partial charge in [-0.2, -0.15) is 0 Å². The number of hydrogen-bond acceptors (Lipinski definition) is 4. The Morgan fingerprint density at radius 2 is 2.21 bits per heavy atom. The zero-order chi connectivity index (χ0) is 10.8. The van der Waals surface area contributed by atoms with Crippen molar-refractivity contribution in [3.05, 3.63) is 0 Å². The number of morpholine rings is 1. The van der Waals surface area contributed by atoms with Crippen LogP contribution in [0.2, 0.25) is 0 Å². The molecule has 0 aromatic carbocycles. The molecule has 2 atom stereocenters.